The van der Waals surface area contributed by atoms with E-state index in [0.29, 0.717) is 19.0 Å². The molecular weight excluding hydrogens is 274 g/mol. The average Bonchev–Trinajstić information content (AvgIpc) is 2.88. The molecule has 9 nitrogen and oxygen atoms in total. The Morgan fingerprint density at radius 1 is 1.38 bits per heavy atom. The largest absolute Gasteiger partial charge is 0.357 e. The lowest BCUT2D eigenvalue weighted by Gasteiger charge is -2.08. The van der Waals surface area contributed by atoms with E-state index in [9.17, 15) is 10.1 Å². The summed E-state index contributed by atoms with van der Waals surface area (Å²) in [6.45, 7) is 3.06. The van der Waals surface area contributed by atoms with Gasteiger partial charge in [-0.15, -0.1) is 0 Å². The van der Waals surface area contributed by atoms with Crippen LogP contribution in [-0.2, 0) is 13.6 Å². The zero-order valence-corrected chi connectivity index (χ0v) is 11.9. The Labute approximate surface area is 121 Å². The maximum Gasteiger partial charge on any atom is 0.329 e. The highest BCUT2D eigenvalue weighted by atomic mass is 16.6. The Kier molecular flexibility index (Phi) is 4.64. The molecule has 0 unspecified atom stereocenters. The number of rotatable bonds is 7. The molecule has 0 saturated heterocycles. The van der Waals surface area contributed by atoms with Gasteiger partial charge in [0.2, 0.25) is 11.8 Å². The maximum absolute atomic E-state index is 11.0. The number of nitrogens with zero attached hydrogens (tertiary/aromatic N) is 5. The highest BCUT2D eigenvalue weighted by Gasteiger charge is 2.17. The first-order valence-electron chi connectivity index (χ1n) is 6.57. The van der Waals surface area contributed by atoms with Gasteiger partial charge in [0.15, 0.2) is 0 Å². The number of nitro groups is 1. The van der Waals surface area contributed by atoms with Gasteiger partial charge < -0.3 is 15.2 Å². The molecule has 2 rings (SSSR count). The molecular formula is C12H17N7O2. The Morgan fingerprint density at radius 3 is 2.81 bits per heavy atom. The molecule has 0 aromatic carbocycles. The molecule has 0 atom stereocenters. The normalized spacial score (nSPS) is 10.4. The second-order valence-corrected chi connectivity index (χ2v) is 4.42. The van der Waals surface area contributed by atoms with E-state index in [2.05, 4.69) is 25.6 Å². The highest BCUT2D eigenvalue weighted by molar-refractivity contribution is 5.56. The minimum Gasteiger partial charge on any atom is -0.357 e. The Morgan fingerprint density at radius 2 is 2.19 bits per heavy atom. The lowest BCUT2D eigenvalue weighted by molar-refractivity contribution is -0.384. The fraction of sp³-hybridized carbons (Fsp3) is 0.417. The van der Waals surface area contributed by atoms with Crippen LogP contribution >= 0.6 is 0 Å². The van der Waals surface area contributed by atoms with E-state index in [4.69, 9.17) is 0 Å². The van der Waals surface area contributed by atoms with Crippen LogP contribution in [0, 0.1) is 10.1 Å². The molecule has 9 heteroatoms. The number of hydrogen-bond acceptors (Lipinski definition) is 7. The molecule has 0 saturated carbocycles. The van der Waals surface area contributed by atoms with E-state index in [1.165, 1.54) is 6.20 Å². The summed E-state index contributed by atoms with van der Waals surface area (Å²) in [6.07, 6.45) is 5.58. The fourth-order valence-corrected chi connectivity index (χ4v) is 1.69. The van der Waals surface area contributed by atoms with Crippen LogP contribution in [0.5, 0.6) is 0 Å². The number of aryl methyl sites for hydroxylation is 1. The quantitative estimate of drug-likeness (QED) is 0.588. The third-order valence-electron chi connectivity index (χ3n) is 2.83. The van der Waals surface area contributed by atoms with Gasteiger partial charge in [-0.05, 0) is 6.42 Å². The van der Waals surface area contributed by atoms with Crippen LogP contribution in [0.3, 0.4) is 0 Å². The van der Waals surface area contributed by atoms with Gasteiger partial charge in [-0.3, -0.25) is 10.1 Å². The van der Waals surface area contributed by atoms with E-state index in [0.717, 1.165) is 12.2 Å². The third-order valence-corrected chi connectivity index (χ3v) is 2.83. The number of imidazole rings is 1. The Bertz CT molecular complexity index is 626. The monoisotopic (exact) mass is 291 g/mol. The molecule has 0 aliphatic heterocycles. The summed E-state index contributed by atoms with van der Waals surface area (Å²) in [5, 5.41) is 17.0. The van der Waals surface area contributed by atoms with Crippen molar-refractivity contribution in [1.29, 1.82) is 0 Å². The van der Waals surface area contributed by atoms with Crippen molar-refractivity contribution in [1.82, 2.24) is 19.5 Å². The van der Waals surface area contributed by atoms with Crippen molar-refractivity contribution in [3.63, 3.8) is 0 Å². The summed E-state index contributed by atoms with van der Waals surface area (Å²) in [6, 6.07) is 0. The van der Waals surface area contributed by atoms with Crippen molar-refractivity contribution in [2.24, 2.45) is 7.05 Å². The maximum atomic E-state index is 11.0. The Hall–Kier alpha value is -2.71. The molecule has 2 aromatic heterocycles. The van der Waals surface area contributed by atoms with Crippen molar-refractivity contribution in [3.05, 3.63) is 34.5 Å². The van der Waals surface area contributed by atoms with Crippen LogP contribution in [0.2, 0.25) is 0 Å². The van der Waals surface area contributed by atoms with Gasteiger partial charge in [-0.1, -0.05) is 6.92 Å². The molecule has 2 heterocycles. The standard InChI is InChI=1S/C12H17N7O2/c1-3-4-14-12-16-7-9(19(20)21)11(17-12)15-8-10-13-5-6-18(10)2/h5-7H,3-4,8H2,1-2H3,(H2,14,15,16,17). The molecule has 2 N–H and O–H groups in total. The van der Waals surface area contributed by atoms with Crippen molar-refractivity contribution >= 4 is 17.5 Å². The number of nitrogens with one attached hydrogen (secondary N) is 2. The van der Waals surface area contributed by atoms with Crippen molar-refractivity contribution in [2.45, 2.75) is 19.9 Å². The second kappa shape index (κ2) is 6.64. The molecule has 2 aromatic rings. The van der Waals surface area contributed by atoms with Gasteiger partial charge in [0.05, 0.1) is 11.5 Å². The zero-order valence-electron chi connectivity index (χ0n) is 11.9. The van der Waals surface area contributed by atoms with E-state index in [-0.39, 0.29) is 11.5 Å². The first-order valence-corrected chi connectivity index (χ1v) is 6.57. The molecule has 0 bridgehead atoms. The minimum atomic E-state index is -0.510. The van der Waals surface area contributed by atoms with Crippen LogP contribution in [0.15, 0.2) is 18.6 Å². The van der Waals surface area contributed by atoms with Crippen LogP contribution in [0.25, 0.3) is 0 Å². The summed E-state index contributed by atoms with van der Waals surface area (Å²) in [5.41, 5.74) is -0.161. The molecule has 0 fully saturated rings. The summed E-state index contributed by atoms with van der Waals surface area (Å²) in [4.78, 5) is 22.7. The van der Waals surface area contributed by atoms with Crippen molar-refractivity contribution < 1.29 is 4.92 Å². The van der Waals surface area contributed by atoms with Crippen LogP contribution in [0.1, 0.15) is 19.2 Å². The van der Waals surface area contributed by atoms with Crippen molar-refractivity contribution in [2.75, 3.05) is 17.2 Å². The first-order chi connectivity index (χ1) is 10.1. The topological polar surface area (TPSA) is 111 Å². The molecule has 0 aliphatic rings. The van der Waals surface area contributed by atoms with Gasteiger partial charge in [-0.25, -0.2) is 9.97 Å². The van der Waals surface area contributed by atoms with Crippen LogP contribution < -0.4 is 10.6 Å². The smallest absolute Gasteiger partial charge is 0.329 e. The van der Waals surface area contributed by atoms with Crippen molar-refractivity contribution in [3.8, 4) is 0 Å². The highest BCUT2D eigenvalue weighted by Crippen LogP contribution is 2.22. The summed E-state index contributed by atoms with van der Waals surface area (Å²) >= 11 is 0. The second-order valence-electron chi connectivity index (χ2n) is 4.42. The summed E-state index contributed by atoms with van der Waals surface area (Å²) in [7, 11) is 1.85. The average molecular weight is 291 g/mol. The predicted molar refractivity (Wildman–Crippen MR) is 78.0 cm³/mol. The SMILES string of the molecule is CCCNc1ncc([N+](=O)[O-])c(NCc2nccn2C)n1. The lowest BCUT2D eigenvalue weighted by atomic mass is 10.4. The van der Waals surface area contributed by atoms with E-state index in [1.54, 1.807) is 12.4 Å². The zero-order chi connectivity index (χ0) is 15.2. The Balaban J connectivity index is 2.17. The summed E-state index contributed by atoms with van der Waals surface area (Å²) < 4.78 is 1.83. The van der Waals surface area contributed by atoms with E-state index < -0.39 is 4.92 Å². The van der Waals surface area contributed by atoms with Gasteiger partial charge >= 0.3 is 5.69 Å². The molecule has 0 radical (unpaired) electrons. The van der Waals surface area contributed by atoms with Crippen LogP contribution in [-0.4, -0.2) is 31.0 Å². The number of anilines is 2. The van der Waals surface area contributed by atoms with Crippen LogP contribution in [0.4, 0.5) is 17.5 Å². The predicted octanol–water partition coefficient (Wildman–Crippen LogP) is 1.55. The van der Waals surface area contributed by atoms with Gasteiger partial charge in [0.1, 0.15) is 12.0 Å². The third kappa shape index (κ3) is 3.65. The molecule has 0 amide bonds. The number of hydrogen-bond donors (Lipinski definition) is 2. The number of aromatic nitrogens is 4. The van der Waals surface area contributed by atoms with Gasteiger partial charge in [0.25, 0.3) is 0 Å². The first kappa shape index (κ1) is 14.7. The summed E-state index contributed by atoms with van der Waals surface area (Å²) in [5.74, 6) is 1.30. The molecule has 0 aliphatic carbocycles. The molecule has 0 spiro atoms. The lowest BCUT2D eigenvalue weighted by Crippen LogP contribution is -2.11. The van der Waals surface area contributed by atoms with E-state index in [1.807, 2.05) is 18.5 Å². The molecule has 112 valence electrons. The molecule has 21 heavy (non-hydrogen) atoms. The van der Waals surface area contributed by atoms with Gasteiger partial charge in [-0.2, -0.15) is 4.98 Å². The van der Waals surface area contributed by atoms with E-state index >= 15 is 0 Å². The fourth-order valence-electron chi connectivity index (χ4n) is 1.69. The minimum absolute atomic E-state index is 0.161. The van der Waals surface area contributed by atoms with Gasteiger partial charge in [0, 0.05) is 26.0 Å².